The maximum absolute atomic E-state index is 13.7. The highest BCUT2D eigenvalue weighted by molar-refractivity contribution is 7.15. The molecule has 0 aliphatic rings. The molecule has 7 nitrogen and oxygen atoms in total. The van der Waals surface area contributed by atoms with Gasteiger partial charge in [0.1, 0.15) is 0 Å². The summed E-state index contributed by atoms with van der Waals surface area (Å²) in [5, 5.41) is 6.37. The molecule has 8 heteroatoms. The Bertz CT molecular complexity index is 1580. The van der Waals surface area contributed by atoms with E-state index in [1.165, 1.54) is 16.9 Å². The first-order chi connectivity index (χ1) is 17.9. The van der Waals surface area contributed by atoms with Crippen molar-refractivity contribution in [2.75, 3.05) is 6.54 Å². The van der Waals surface area contributed by atoms with Crippen molar-refractivity contribution >= 4 is 22.2 Å². The topological polar surface area (TPSA) is 72.5 Å². The molecule has 2 aromatic carbocycles. The smallest absolute Gasteiger partial charge is 0.268 e. The minimum Gasteiger partial charge on any atom is -0.338 e. The SMILES string of the molecule is Cc1nc2scc(CC(=O)N(CCc3ccccc3)Cc3ccccc3)n2c(=O)c1-c1cc(C)n(C)n1. The van der Waals surface area contributed by atoms with Crippen molar-refractivity contribution in [2.45, 2.75) is 33.2 Å². The lowest BCUT2D eigenvalue weighted by Gasteiger charge is -2.23. The molecule has 3 heterocycles. The highest BCUT2D eigenvalue weighted by Crippen LogP contribution is 2.22. The molecule has 0 atom stereocenters. The van der Waals surface area contributed by atoms with Crippen LogP contribution in [-0.2, 0) is 31.2 Å². The second-order valence-corrected chi connectivity index (χ2v) is 10.1. The summed E-state index contributed by atoms with van der Waals surface area (Å²) in [5.41, 5.74) is 5.37. The van der Waals surface area contributed by atoms with Crippen molar-refractivity contribution in [3.05, 3.63) is 111 Å². The number of thiazole rings is 1. The minimum atomic E-state index is -0.191. The van der Waals surface area contributed by atoms with E-state index in [-0.39, 0.29) is 17.9 Å². The zero-order chi connectivity index (χ0) is 25.9. The summed E-state index contributed by atoms with van der Waals surface area (Å²) in [6.07, 6.45) is 0.876. The number of hydrogen-bond donors (Lipinski definition) is 0. The van der Waals surface area contributed by atoms with Crippen molar-refractivity contribution in [3.63, 3.8) is 0 Å². The van der Waals surface area contributed by atoms with E-state index in [9.17, 15) is 9.59 Å². The van der Waals surface area contributed by atoms with Crippen LogP contribution in [0.1, 0.15) is 28.2 Å². The Labute approximate surface area is 219 Å². The Morgan fingerprint density at radius 3 is 2.32 bits per heavy atom. The third-order valence-corrected chi connectivity index (χ3v) is 7.48. The van der Waals surface area contributed by atoms with Gasteiger partial charge in [-0.2, -0.15) is 5.10 Å². The van der Waals surface area contributed by atoms with Crippen LogP contribution in [0.4, 0.5) is 0 Å². The molecule has 0 N–H and O–H groups in total. The Morgan fingerprint density at radius 2 is 1.68 bits per heavy atom. The summed E-state index contributed by atoms with van der Waals surface area (Å²) in [6, 6.07) is 22.0. The average Bonchev–Trinajstić information content (AvgIpc) is 3.44. The van der Waals surface area contributed by atoms with Crippen LogP contribution in [0.3, 0.4) is 0 Å². The third-order valence-electron chi connectivity index (χ3n) is 6.61. The van der Waals surface area contributed by atoms with Gasteiger partial charge in [-0.15, -0.1) is 11.3 Å². The Balaban J connectivity index is 1.46. The Kier molecular flexibility index (Phi) is 7.01. The van der Waals surface area contributed by atoms with Gasteiger partial charge in [0.05, 0.1) is 23.4 Å². The number of nitrogens with zero attached hydrogens (tertiary/aromatic N) is 5. The lowest BCUT2D eigenvalue weighted by atomic mass is 10.1. The zero-order valence-corrected chi connectivity index (χ0v) is 22.0. The van der Waals surface area contributed by atoms with Gasteiger partial charge in [-0.3, -0.25) is 18.7 Å². The summed E-state index contributed by atoms with van der Waals surface area (Å²) in [7, 11) is 1.85. The van der Waals surface area contributed by atoms with Crippen LogP contribution in [0.5, 0.6) is 0 Å². The first kappa shape index (κ1) is 24.6. The highest BCUT2D eigenvalue weighted by Gasteiger charge is 2.21. The lowest BCUT2D eigenvalue weighted by Crippen LogP contribution is -2.34. The highest BCUT2D eigenvalue weighted by atomic mass is 32.1. The largest absolute Gasteiger partial charge is 0.338 e. The molecule has 5 aromatic rings. The number of fused-ring (bicyclic) bond motifs is 1. The van der Waals surface area contributed by atoms with E-state index in [2.05, 4.69) is 22.2 Å². The summed E-state index contributed by atoms with van der Waals surface area (Å²) in [4.78, 5) is 34.4. The van der Waals surface area contributed by atoms with Crippen LogP contribution in [-0.4, -0.2) is 36.5 Å². The molecule has 5 rings (SSSR count). The quantitative estimate of drug-likeness (QED) is 0.306. The van der Waals surface area contributed by atoms with Gasteiger partial charge in [0.2, 0.25) is 5.91 Å². The Hall–Kier alpha value is -4.04. The zero-order valence-electron chi connectivity index (χ0n) is 21.2. The molecule has 0 saturated carbocycles. The number of carbonyl (C=O) groups excluding carboxylic acids is 1. The average molecular weight is 512 g/mol. The fourth-order valence-electron chi connectivity index (χ4n) is 4.48. The van der Waals surface area contributed by atoms with Crippen molar-refractivity contribution < 1.29 is 4.79 Å². The standard InChI is InChI=1S/C29H29N5O2S/c1-20-16-25(31-32(20)3)27-21(2)30-29-34(28(27)36)24(19-37-29)17-26(35)33(18-23-12-8-5-9-13-23)15-14-22-10-6-4-7-11-22/h4-13,16,19H,14-15,17-18H2,1-3H3. The molecule has 1 amide bonds. The van der Waals surface area contributed by atoms with Crippen LogP contribution >= 0.6 is 11.3 Å². The maximum Gasteiger partial charge on any atom is 0.268 e. The van der Waals surface area contributed by atoms with Crippen LogP contribution in [0.25, 0.3) is 16.2 Å². The van der Waals surface area contributed by atoms with Crippen molar-refractivity contribution in [1.29, 1.82) is 0 Å². The van der Waals surface area contributed by atoms with Crippen molar-refractivity contribution in [3.8, 4) is 11.3 Å². The van der Waals surface area contributed by atoms with Crippen molar-refractivity contribution in [2.24, 2.45) is 7.05 Å². The van der Waals surface area contributed by atoms with Crippen LogP contribution in [0.2, 0.25) is 0 Å². The third kappa shape index (κ3) is 5.24. The number of rotatable bonds is 8. The summed E-state index contributed by atoms with van der Waals surface area (Å²) in [5.74, 6) is -0.0258. The number of aryl methyl sites for hydroxylation is 3. The van der Waals surface area contributed by atoms with Crippen LogP contribution in [0.15, 0.2) is 76.9 Å². The molecular formula is C29H29N5O2S. The molecular weight excluding hydrogens is 482 g/mol. The molecule has 3 aromatic heterocycles. The number of amides is 1. The minimum absolute atomic E-state index is 0.0258. The molecule has 37 heavy (non-hydrogen) atoms. The van der Waals surface area contributed by atoms with E-state index >= 15 is 0 Å². The normalized spacial score (nSPS) is 11.2. The van der Waals surface area contributed by atoms with Gasteiger partial charge in [0.25, 0.3) is 5.56 Å². The van der Waals surface area contributed by atoms with Crippen LogP contribution < -0.4 is 5.56 Å². The first-order valence-electron chi connectivity index (χ1n) is 12.3. The first-order valence-corrected chi connectivity index (χ1v) is 13.1. The van der Waals surface area contributed by atoms with Gasteiger partial charge in [-0.1, -0.05) is 60.7 Å². The second kappa shape index (κ2) is 10.5. The van der Waals surface area contributed by atoms with E-state index in [0.717, 1.165) is 17.7 Å². The Morgan fingerprint density at radius 1 is 1.00 bits per heavy atom. The molecule has 0 aliphatic heterocycles. The molecule has 0 saturated heterocycles. The lowest BCUT2D eigenvalue weighted by molar-refractivity contribution is -0.131. The molecule has 0 spiro atoms. The predicted molar refractivity (Wildman–Crippen MR) is 147 cm³/mol. The van der Waals surface area contributed by atoms with E-state index in [1.54, 1.807) is 9.08 Å². The maximum atomic E-state index is 13.7. The van der Waals surface area contributed by atoms with Gasteiger partial charge in [0.15, 0.2) is 4.96 Å². The van der Waals surface area contributed by atoms with E-state index < -0.39 is 0 Å². The molecule has 0 fully saturated rings. The van der Waals surface area contributed by atoms with Gasteiger partial charge >= 0.3 is 0 Å². The van der Waals surface area contributed by atoms with Gasteiger partial charge < -0.3 is 4.90 Å². The number of carbonyl (C=O) groups is 1. The second-order valence-electron chi connectivity index (χ2n) is 9.23. The number of benzene rings is 2. The fraction of sp³-hybridized carbons (Fsp3) is 0.241. The molecule has 0 aliphatic carbocycles. The van der Waals surface area contributed by atoms with Gasteiger partial charge in [0, 0.05) is 36.9 Å². The fourth-order valence-corrected chi connectivity index (χ4v) is 5.40. The monoisotopic (exact) mass is 511 g/mol. The van der Waals surface area contributed by atoms with E-state index in [0.29, 0.717) is 40.7 Å². The van der Waals surface area contributed by atoms with Gasteiger partial charge in [-0.25, -0.2) is 4.98 Å². The number of hydrogen-bond acceptors (Lipinski definition) is 5. The van der Waals surface area contributed by atoms with Crippen molar-refractivity contribution in [1.82, 2.24) is 24.1 Å². The van der Waals surface area contributed by atoms with E-state index in [4.69, 9.17) is 0 Å². The summed E-state index contributed by atoms with van der Waals surface area (Å²) in [6.45, 7) is 4.88. The van der Waals surface area contributed by atoms with E-state index in [1.807, 2.05) is 85.8 Å². The molecule has 188 valence electrons. The molecule has 0 bridgehead atoms. The van der Waals surface area contributed by atoms with Gasteiger partial charge in [-0.05, 0) is 37.5 Å². The summed E-state index contributed by atoms with van der Waals surface area (Å²) >= 11 is 1.38. The van der Waals surface area contributed by atoms with Crippen LogP contribution in [0, 0.1) is 13.8 Å². The number of aromatic nitrogens is 4. The predicted octanol–water partition coefficient (Wildman–Crippen LogP) is 4.59. The summed E-state index contributed by atoms with van der Waals surface area (Å²) < 4.78 is 3.32. The molecule has 0 radical (unpaired) electrons. The molecule has 0 unspecified atom stereocenters.